The monoisotopic (exact) mass is 1790 g/mol. The van der Waals surface area contributed by atoms with Gasteiger partial charge in [-0.2, -0.15) is 0 Å². The first-order valence-corrected chi connectivity index (χ1v) is 43.3. The van der Waals surface area contributed by atoms with Crippen molar-refractivity contribution in [2.24, 2.45) is 29.0 Å². The van der Waals surface area contributed by atoms with Gasteiger partial charge in [-0.15, -0.1) is 5.10 Å². The summed E-state index contributed by atoms with van der Waals surface area (Å²) in [6.07, 6.45) is -1.90. The Labute approximate surface area is 737 Å². The molecule has 128 heavy (non-hydrogen) atoms. The molecule has 0 unspecified atom stereocenters. The van der Waals surface area contributed by atoms with Gasteiger partial charge in [0, 0.05) is 91.1 Å². The van der Waals surface area contributed by atoms with Gasteiger partial charge in [-0.25, -0.2) is 9.48 Å². The number of carboxylic acids is 2. The van der Waals surface area contributed by atoms with Gasteiger partial charge in [0.1, 0.15) is 90.3 Å². The van der Waals surface area contributed by atoms with E-state index in [0.717, 1.165) is 4.90 Å². The number of carbonyl (C=O) groups is 20. The smallest absolute Gasteiger partial charge is 0.326 e. The van der Waals surface area contributed by atoms with Crippen molar-refractivity contribution in [2.75, 3.05) is 39.8 Å². The molecule has 1 aromatic heterocycles. The van der Waals surface area contributed by atoms with Crippen molar-refractivity contribution in [1.82, 2.24) is 92.7 Å². The topological polar surface area (TPSA) is 647 Å². The zero-order valence-electron chi connectivity index (χ0n) is 72.2. The van der Waals surface area contributed by atoms with E-state index >= 15 is 28.8 Å². The van der Waals surface area contributed by atoms with E-state index in [-0.39, 0.29) is 171 Å². The van der Waals surface area contributed by atoms with Gasteiger partial charge in [-0.05, 0) is 131 Å². The first-order chi connectivity index (χ1) is 60.8. The van der Waals surface area contributed by atoms with Crippen LogP contribution in [-0.2, 0) is 104 Å². The minimum absolute atomic E-state index is 0.00262. The summed E-state index contributed by atoms with van der Waals surface area (Å²) in [7, 11) is 1.33. The first-order valence-electron chi connectivity index (χ1n) is 43.3. The molecule has 6 aliphatic rings. The van der Waals surface area contributed by atoms with Crippen LogP contribution in [0, 0.1) is 11.8 Å². The fourth-order valence-electron chi connectivity index (χ4n) is 17.0. The average molecular weight is 1790 g/mol. The molecule has 0 spiro atoms. The Morgan fingerprint density at radius 2 is 0.844 bits per heavy atom. The maximum Gasteiger partial charge on any atom is 0.326 e. The zero-order valence-corrected chi connectivity index (χ0v) is 72.2. The standard InChI is InChI=1S/C84H117N21O23/c1-44(2)37-55(94-71(114)50-26-31-68(110)89-50)73(116)91-52(23-28-65(85)107)79(122)100-33-9-17-62(100)76(119)96-57(39-46-13-7-6-8-14-46)82(125)102-35-10-15-60(102)74(117)92-53(24-29-66(86)108)80(123)104-42-48(105-43-59(98-99-105)70(113)88-5)41-64(104)78(121)90-51(27-32-69(111)112)72(115)95-56(38-45(3)4)81(124)101-34-12-18-63(101)77(120)97-58(40-47-19-21-49(106)22-20-47)83(126)103-36-11-16-61(103)75(118)93-54(84(127)128)25-30-67(87)109/h6-8,13-14,19-22,43-45,48,50-58,60-64,106H,9-12,15-18,23-42H2,1-5H3,(H2,85,107)(H2,86,108)(H2,87,109)(H,88,113)(H,89,110)(H,90,121)(H,91,116)(H,92,117)(H,93,118)(H,94,114)(H,95,115)(H,96,119)(H,97,120)(H,111,112)(H,127,128)/t48-,50-,51-,52-,53-,54-,55-,56-,57-,58-,60-,61-,62-,63-,64-/m0/s1. The summed E-state index contributed by atoms with van der Waals surface area (Å²) in [6.45, 7) is 6.46. The fraction of sp³-hybridized carbons (Fsp3) is 0.595. The van der Waals surface area contributed by atoms with Crippen LogP contribution in [0.5, 0.6) is 5.75 Å². The number of nitrogens with zero attached hydrogens (tertiary/aromatic N) is 8. The quantitative estimate of drug-likeness (QED) is 0.0256. The Morgan fingerprint density at radius 1 is 0.453 bits per heavy atom. The molecular formula is C84H117N21O23. The lowest BCUT2D eigenvalue weighted by Gasteiger charge is -2.33. The first kappa shape index (κ1) is 98.6. The molecule has 0 bridgehead atoms. The molecule has 2 aromatic carbocycles. The number of aromatic nitrogens is 3. The van der Waals surface area contributed by atoms with Crippen LogP contribution < -0.4 is 70.4 Å². The number of hydrogen-bond donors (Lipinski definition) is 16. The SMILES string of the molecule is CNC(=O)c1cn([C@H]2C[C@@H](C(=O)N[C@@H](CCC(=O)O)C(=O)N[C@@H](CC(C)C)C(=O)N3CCC[C@H]3C(=O)N[C@@H](Cc3ccc(O)cc3)C(=O)N3CCC[C@H]3C(=O)N[C@@H](CCC(N)=O)C(=O)O)N(C(=O)[C@H](CCC(N)=O)NC(=O)[C@@H]3CCCN3C(=O)[C@H](Cc3ccccc3)NC(=O)[C@@H]3CCCN3C(=O)[C@H](CCC(N)=O)NC(=O)[C@H](CC(C)C)NC(=O)[C@@H]3CCC(=O)N3)C2)nn1. The Bertz CT molecular complexity index is 4620. The van der Waals surface area contributed by atoms with Gasteiger partial charge in [-0.3, -0.25) is 91.1 Å². The summed E-state index contributed by atoms with van der Waals surface area (Å²) >= 11 is 0. The number of rotatable bonds is 44. The molecule has 0 saturated carbocycles. The number of phenolic OH excluding ortho intramolecular Hbond substituents is 1. The lowest BCUT2D eigenvalue weighted by atomic mass is 10.0. The van der Waals surface area contributed by atoms with Crippen molar-refractivity contribution in [3.8, 4) is 5.75 Å². The molecule has 19 N–H and O–H groups in total. The van der Waals surface area contributed by atoms with Gasteiger partial charge >= 0.3 is 11.9 Å². The number of aromatic hydroxyl groups is 1. The molecule has 18 amide bonds. The number of primary amides is 3. The van der Waals surface area contributed by atoms with E-state index in [1.807, 2.05) is 0 Å². The Morgan fingerprint density at radius 3 is 1.30 bits per heavy atom. The summed E-state index contributed by atoms with van der Waals surface area (Å²) in [5, 5.41) is 64.4. The van der Waals surface area contributed by atoms with Crippen molar-refractivity contribution >= 4 is 118 Å². The van der Waals surface area contributed by atoms with Crippen LogP contribution in [0.3, 0.4) is 0 Å². The molecule has 696 valence electrons. The summed E-state index contributed by atoms with van der Waals surface area (Å²) in [5.74, 6) is -18.2. The largest absolute Gasteiger partial charge is 0.508 e. The fourth-order valence-corrected chi connectivity index (χ4v) is 17.0. The van der Waals surface area contributed by atoms with Crippen molar-refractivity contribution in [1.29, 1.82) is 0 Å². The Balaban J connectivity index is 0.934. The highest BCUT2D eigenvalue weighted by molar-refractivity contribution is 6.02. The number of carboxylic acid groups (broad SMARTS) is 2. The molecule has 9 rings (SSSR count). The number of amides is 18. The molecule has 0 radical (unpaired) electrons. The van der Waals surface area contributed by atoms with E-state index in [0.29, 0.717) is 17.5 Å². The van der Waals surface area contributed by atoms with Gasteiger partial charge in [0.05, 0.1) is 12.2 Å². The molecule has 6 aliphatic heterocycles. The molecule has 15 atom stereocenters. The Kier molecular flexibility index (Phi) is 35.3. The van der Waals surface area contributed by atoms with Gasteiger partial charge in [0.15, 0.2) is 5.69 Å². The van der Waals surface area contributed by atoms with E-state index in [4.69, 9.17) is 17.2 Å². The van der Waals surface area contributed by atoms with Crippen LogP contribution in [0.2, 0.25) is 0 Å². The summed E-state index contributed by atoms with van der Waals surface area (Å²) in [6, 6.07) is -6.70. The van der Waals surface area contributed by atoms with Crippen LogP contribution in [-0.4, -0.2) is 297 Å². The number of hydrogen-bond acceptors (Lipinski definition) is 23. The highest BCUT2D eigenvalue weighted by Crippen LogP contribution is 2.32. The maximum absolute atomic E-state index is 15.6. The number of nitrogens with two attached hydrogens (primary N) is 3. The number of nitrogens with one attached hydrogen (secondary N) is 10. The van der Waals surface area contributed by atoms with Crippen molar-refractivity contribution in [2.45, 2.75) is 266 Å². The van der Waals surface area contributed by atoms with Crippen LogP contribution in [0.25, 0.3) is 0 Å². The molecule has 6 fully saturated rings. The van der Waals surface area contributed by atoms with Crippen molar-refractivity contribution in [3.63, 3.8) is 0 Å². The normalized spacial score (nSPS) is 20.9. The van der Waals surface area contributed by atoms with Gasteiger partial charge in [-0.1, -0.05) is 75.4 Å². The maximum atomic E-state index is 15.6. The highest BCUT2D eigenvalue weighted by Gasteiger charge is 2.49. The molecule has 6 saturated heterocycles. The number of phenols is 1. The van der Waals surface area contributed by atoms with E-state index in [2.05, 4.69) is 63.5 Å². The van der Waals surface area contributed by atoms with Crippen LogP contribution >= 0.6 is 0 Å². The van der Waals surface area contributed by atoms with Gasteiger partial charge < -0.3 is 110 Å². The number of carbonyl (C=O) groups excluding carboxylic acids is 18. The van der Waals surface area contributed by atoms with Crippen LogP contribution in [0.1, 0.15) is 190 Å². The van der Waals surface area contributed by atoms with Crippen LogP contribution in [0.4, 0.5) is 0 Å². The predicted molar refractivity (Wildman–Crippen MR) is 449 cm³/mol. The third-order valence-electron chi connectivity index (χ3n) is 23.6. The third kappa shape index (κ3) is 26.9. The average Bonchev–Trinajstić information content (AvgIpc) is 1.63. The molecular weight excluding hydrogens is 1670 g/mol. The molecule has 3 aromatic rings. The van der Waals surface area contributed by atoms with E-state index in [1.165, 1.54) is 61.8 Å². The van der Waals surface area contributed by atoms with Crippen molar-refractivity contribution in [3.05, 3.63) is 77.6 Å². The number of aliphatic carboxylic acids is 2. The van der Waals surface area contributed by atoms with Crippen molar-refractivity contribution < 1.29 is 111 Å². The predicted octanol–water partition coefficient (Wildman–Crippen LogP) is -4.07. The van der Waals surface area contributed by atoms with E-state index in [9.17, 15) is 82.4 Å². The minimum Gasteiger partial charge on any atom is -0.508 e. The number of benzene rings is 2. The summed E-state index contributed by atoms with van der Waals surface area (Å²) in [5.41, 5.74) is 17.3. The van der Waals surface area contributed by atoms with E-state index in [1.54, 1.807) is 58.0 Å². The zero-order chi connectivity index (χ0) is 93.5. The highest BCUT2D eigenvalue weighted by atomic mass is 16.4. The molecule has 44 nitrogen and oxygen atoms in total. The lowest BCUT2D eigenvalue weighted by molar-refractivity contribution is -0.146. The molecule has 0 aliphatic carbocycles. The second kappa shape index (κ2) is 45.8. The second-order valence-electron chi connectivity index (χ2n) is 34.1. The summed E-state index contributed by atoms with van der Waals surface area (Å²) in [4.78, 5) is 284. The van der Waals surface area contributed by atoms with Gasteiger partial charge in [0.2, 0.25) is 100 Å². The lowest BCUT2D eigenvalue weighted by Crippen LogP contribution is -2.61. The van der Waals surface area contributed by atoms with E-state index < -0.39 is 235 Å². The third-order valence-corrected chi connectivity index (χ3v) is 23.6. The number of likely N-dealkylation sites (tertiary alicyclic amines) is 5. The Hall–Kier alpha value is -13.2. The summed E-state index contributed by atoms with van der Waals surface area (Å²) < 4.78 is 1.20. The minimum atomic E-state index is -1.81. The van der Waals surface area contributed by atoms with Gasteiger partial charge in [0.25, 0.3) is 5.91 Å². The van der Waals surface area contributed by atoms with Crippen LogP contribution in [0.15, 0.2) is 60.8 Å². The molecule has 44 heteroatoms. The second-order valence-corrected chi connectivity index (χ2v) is 34.1. The molecule has 7 heterocycles.